The van der Waals surface area contributed by atoms with Crippen LogP contribution in [0.15, 0.2) is 35.7 Å². The standard InChI is InChI=1S/C21H29N3O3S2/c1-4-5-11-23(18-9-13-29(26,27)15-18)20(25)14-28-21-22-10-12-24(21)19-8-6-7-16(2)17(19)3/h6-8,10,12,18H,4-5,9,11,13-15H2,1-3H3. The summed E-state index contributed by atoms with van der Waals surface area (Å²) in [6, 6.07) is 5.95. The number of sulfone groups is 1. The van der Waals surface area contributed by atoms with Crippen LogP contribution in [0.25, 0.3) is 5.69 Å². The number of carbonyl (C=O) groups excluding carboxylic acids is 1. The van der Waals surface area contributed by atoms with E-state index in [4.69, 9.17) is 0 Å². The quantitative estimate of drug-likeness (QED) is 0.594. The van der Waals surface area contributed by atoms with Crippen molar-refractivity contribution in [1.29, 1.82) is 0 Å². The van der Waals surface area contributed by atoms with Gasteiger partial charge < -0.3 is 4.90 Å². The van der Waals surface area contributed by atoms with Gasteiger partial charge in [-0.2, -0.15) is 0 Å². The summed E-state index contributed by atoms with van der Waals surface area (Å²) in [5.41, 5.74) is 3.44. The van der Waals surface area contributed by atoms with E-state index in [1.807, 2.05) is 22.9 Å². The van der Waals surface area contributed by atoms with Gasteiger partial charge in [-0.15, -0.1) is 0 Å². The highest BCUT2D eigenvalue weighted by atomic mass is 32.2. The van der Waals surface area contributed by atoms with Gasteiger partial charge >= 0.3 is 0 Å². The van der Waals surface area contributed by atoms with Gasteiger partial charge in [0.2, 0.25) is 5.91 Å². The number of imidazole rings is 1. The first-order valence-corrected chi connectivity index (χ1v) is 12.9. The summed E-state index contributed by atoms with van der Waals surface area (Å²) >= 11 is 1.40. The molecule has 0 N–H and O–H groups in total. The second-order valence-electron chi connectivity index (χ2n) is 7.59. The Morgan fingerprint density at radius 3 is 2.83 bits per heavy atom. The third-order valence-corrected chi connectivity index (χ3v) is 8.19. The predicted molar refractivity (Wildman–Crippen MR) is 117 cm³/mol. The van der Waals surface area contributed by atoms with Crippen LogP contribution >= 0.6 is 11.8 Å². The first-order chi connectivity index (χ1) is 13.8. The molecule has 2 heterocycles. The van der Waals surface area contributed by atoms with Crippen LogP contribution in [-0.2, 0) is 14.6 Å². The van der Waals surface area contributed by atoms with E-state index in [0.717, 1.165) is 23.7 Å². The van der Waals surface area contributed by atoms with Crippen LogP contribution in [0.2, 0.25) is 0 Å². The Balaban J connectivity index is 1.72. The van der Waals surface area contributed by atoms with Crippen molar-refractivity contribution >= 4 is 27.5 Å². The van der Waals surface area contributed by atoms with Gasteiger partial charge in [-0.25, -0.2) is 13.4 Å². The Labute approximate surface area is 177 Å². The summed E-state index contributed by atoms with van der Waals surface area (Å²) in [6.45, 7) is 6.84. The van der Waals surface area contributed by atoms with E-state index in [2.05, 4.69) is 31.8 Å². The highest BCUT2D eigenvalue weighted by Gasteiger charge is 2.34. The van der Waals surface area contributed by atoms with E-state index in [-0.39, 0.29) is 29.2 Å². The molecule has 2 aromatic rings. The first kappa shape index (κ1) is 21.9. The lowest BCUT2D eigenvalue weighted by Gasteiger charge is -2.28. The highest BCUT2D eigenvalue weighted by molar-refractivity contribution is 7.99. The number of nitrogens with zero attached hydrogens (tertiary/aromatic N) is 3. The maximum atomic E-state index is 13.0. The van der Waals surface area contributed by atoms with Crippen LogP contribution in [0.4, 0.5) is 0 Å². The molecule has 1 aliphatic heterocycles. The Morgan fingerprint density at radius 1 is 1.34 bits per heavy atom. The highest BCUT2D eigenvalue weighted by Crippen LogP contribution is 2.26. The Bertz CT molecular complexity index is 969. The van der Waals surface area contributed by atoms with E-state index >= 15 is 0 Å². The summed E-state index contributed by atoms with van der Waals surface area (Å²) in [7, 11) is -3.03. The second-order valence-corrected chi connectivity index (χ2v) is 10.8. The number of aryl methyl sites for hydroxylation is 1. The van der Waals surface area contributed by atoms with Crippen LogP contribution in [-0.4, -0.2) is 58.6 Å². The molecule has 158 valence electrons. The van der Waals surface area contributed by atoms with Crippen LogP contribution in [0, 0.1) is 13.8 Å². The smallest absolute Gasteiger partial charge is 0.233 e. The number of hydrogen-bond donors (Lipinski definition) is 0. The van der Waals surface area contributed by atoms with Gasteiger partial charge in [-0.3, -0.25) is 9.36 Å². The Hall–Kier alpha value is -1.80. The number of rotatable bonds is 8. The molecule has 0 spiro atoms. The Kier molecular flexibility index (Phi) is 7.05. The number of amides is 1. The molecule has 3 rings (SSSR count). The minimum atomic E-state index is -3.03. The maximum Gasteiger partial charge on any atom is 0.233 e. The van der Waals surface area contributed by atoms with Crippen LogP contribution in [0.1, 0.15) is 37.3 Å². The van der Waals surface area contributed by atoms with Crippen molar-refractivity contribution < 1.29 is 13.2 Å². The largest absolute Gasteiger partial charge is 0.338 e. The van der Waals surface area contributed by atoms with E-state index in [9.17, 15) is 13.2 Å². The lowest BCUT2D eigenvalue weighted by Crippen LogP contribution is -2.42. The van der Waals surface area contributed by atoms with Gasteiger partial charge in [0, 0.05) is 25.0 Å². The second kappa shape index (κ2) is 9.34. The zero-order valence-corrected chi connectivity index (χ0v) is 18.9. The molecule has 29 heavy (non-hydrogen) atoms. The van der Waals surface area contributed by atoms with E-state index in [1.54, 1.807) is 11.1 Å². The normalized spacial score (nSPS) is 18.1. The molecule has 1 aliphatic rings. The fraction of sp³-hybridized carbons (Fsp3) is 0.524. The molecule has 1 aromatic heterocycles. The van der Waals surface area contributed by atoms with Gasteiger partial charge in [-0.1, -0.05) is 37.2 Å². The average molecular weight is 436 g/mol. The lowest BCUT2D eigenvalue weighted by atomic mass is 10.1. The molecule has 1 atom stereocenters. The molecular formula is C21H29N3O3S2. The van der Waals surface area contributed by atoms with Crippen molar-refractivity contribution in [1.82, 2.24) is 14.5 Å². The summed E-state index contributed by atoms with van der Waals surface area (Å²) in [6.07, 6.45) is 6.04. The zero-order chi connectivity index (χ0) is 21.0. The van der Waals surface area contributed by atoms with Crippen LogP contribution in [0.5, 0.6) is 0 Å². The van der Waals surface area contributed by atoms with Crippen molar-refractivity contribution in [3.8, 4) is 5.69 Å². The molecular weight excluding hydrogens is 406 g/mol. The molecule has 8 heteroatoms. The summed E-state index contributed by atoms with van der Waals surface area (Å²) in [4.78, 5) is 19.2. The molecule has 0 radical (unpaired) electrons. The Morgan fingerprint density at radius 2 is 2.14 bits per heavy atom. The van der Waals surface area contributed by atoms with E-state index < -0.39 is 9.84 Å². The van der Waals surface area contributed by atoms with Crippen molar-refractivity contribution in [2.75, 3.05) is 23.8 Å². The topological polar surface area (TPSA) is 72.3 Å². The molecule has 1 fully saturated rings. The lowest BCUT2D eigenvalue weighted by molar-refractivity contribution is -0.130. The molecule has 1 aromatic carbocycles. The molecule has 0 aliphatic carbocycles. The summed E-state index contributed by atoms with van der Waals surface area (Å²) < 4.78 is 25.8. The minimum Gasteiger partial charge on any atom is -0.338 e. The first-order valence-electron chi connectivity index (χ1n) is 10.0. The summed E-state index contributed by atoms with van der Waals surface area (Å²) in [5.74, 6) is 0.505. The average Bonchev–Trinajstić information content (AvgIpc) is 3.28. The molecule has 1 amide bonds. The minimum absolute atomic E-state index is 0.0129. The number of aromatic nitrogens is 2. The van der Waals surface area contributed by atoms with Crippen molar-refractivity contribution in [3.05, 3.63) is 41.7 Å². The SMILES string of the molecule is CCCCN(C(=O)CSc1nccn1-c1cccc(C)c1C)C1CCS(=O)(=O)C1. The molecule has 0 saturated carbocycles. The van der Waals surface area contributed by atoms with Gasteiger partial charge in [0.05, 0.1) is 22.9 Å². The van der Waals surface area contributed by atoms with E-state index in [1.165, 1.54) is 22.9 Å². The number of carbonyl (C=O) groups is 1. The van der Waals surface area contributed by atoms with Crippen molar-refractivity contribution in [2.45, 2.75) is 51.2 Å². The third kappa shape index (κ3) is 5.22. The van der Waals surface area contributed by atoms with Gasteiger partial charge in [0.25, 0.3) is 0 Å². The zero-order valence-electron chi connectivity index (χ0n) is 17.3. The predicted octanol–water partition coefficient (Wildman–Crippen LogP) is 3.40. The molecule has 1 unspecified atom stereocenters. The monoisotopic (exact) mass is 435 g/mol. The van der Waals surface area contributed by atoms with Gasteiger partial charge in [-0.05, 0) is 43.9 Å². The van der Waals surface area contributed by atoms with Gasteiger partial charge in [0.1, 0.15) is 0 Å². The number of thioether (sulfide) groups is 1. The number of unbranched alkanes of at least 4 members (excludes halogenated alkanes) is 1. The van der Waals surface area contributed by atoms with E-state index in [0.29, 0.717) is 13.0 Å². The molecule has 1 saturated heterocycles. The van der Waals surface area contributed by atoms with Crippen molar-refractivity contribution in [3.63, 3.8) is 0 Å². The van der Waals surface area contributed by atoms with Crippen LogP contribution < -0.4 is 0 Å². The third-order valence-electron chi connectivity index (χ3n) is 5.49. The molecule has 6 nitrogen and oxygen atoms in total. The summed E-state index contributed by atoms with van der Waals surface area (Å²) in [5, 5.41) is 0.765. The molecule has 0 bridgehead atoms. The maximum absolute atomic E-state index is 13.0. The van der Waals surface area contributed by atoms with Crippen molar-refractivity contribution in [2.24, 2.45) is 0 Å². The fourth-order valence-corrected chi connectivity index (χ4v) is 6.23. The van der Waals surface area contributed by atoms with Crippen LogP contribution in [0.3, 0.4) is 0 Å². The van der Waals surface area contributed by atoms with Gasteiger partial charge in [0.15, 0.2) is 15.0 Å². The number of benzene rings is 1. The fourth-order valence-electron chi connectivity index (χ4n) is 3.65. The number of hydrogen-bond acceptors (Lipinski definition) is 5.